The summed E-state index contributed by atoms with van der Waals surface area (Å²) in [4.78, 5) is 22.3. The van der Waals surface area contributed by atoms with Crippen molar-refractivity contribution < 1.29 is 13.2 Å². The van der Waals surface area contributed by atoms with Crippen molar-refractivity contribution in [2.45, 2.75) is 30.2 Å². The van der Waals surface area contributed by atoms with Gasteiger partial charge in [-0.3, -0.25) is 9.78 Å². The van der Waals surface area contributed by atoms with Gasteiger partial charge in [-0.1, -0.05) is 60.7 Å². The van der Waals surface area contributed by atoms with Crippen molar-refractivity contribution in [3.05, 3.63) is 103 Å². The Labute approximate surface area is 236 Å². The molecule has 8 heteroatoms. The number of sulfonamides is 1. The van der Waals surface area contributed by atoms with Crippen molar-refractivity contribution in [2.24, 2.45) is 5.92 Å². The molecule has 6 rings (SSSR count). The van der Waals surface area contributed by atoms with Gasteiger partial charge in [0.15, 0.2) is 0 Å². The highest BCUT2D eigenvalue weighted by atomic mass is 32.2. The van der Waals surface area contributed by atoms with E-state index < -0.39 is 10.0 Å². The molecule has 2 aliphatic heterocycles. The molecule has 1 aromatic heterocycles. The lowest BCUT2D eigenvalue weighted by Gasteiger charge is -2.43. The first-order valence-corrected chi connectivity index (χ1v) is 15.4. The van der Waals surface area contributed by atoms with E-state index in [1.54, 1.807) is 28.8 Å². The van der Waals surface area contributed by atoms with Crippen LogP contribution in [0.3, 0.4) is 0 Å². The summed E-state index contributed by atoms with van der Waals surface area (Å²) >= 11 is 0. The third-order valence-electron chi connectivity index (χ3n) is 8.25. The van der Waals surface area contributed by atoms with Crippen LogP contribution in [-0.2, 0) is 21.2 Å². The van der Waals surface area contributed by atoms with Gasteiger partial charge in [-0.2, -0.15) is 4.31 Å². The second-order valence-electron chi connectivity index (χ2n) is 10.7. The Bertz CT molecular complexity index is 1570. The highest BCUT2D eigenvalue weighted by Crippen LogP contribution is 2.29. The number of aromatic nitrogens is 1. The predicted molar refractivity (Wildman–Crippen MR) is 158 cm³/mol. The first kappa shape index (κ1) is 26.5. The number of benzene rings is 3. The minimum Gasteiger partial charge on any atom is -0.371 e. The molecule has 2 fully saturated rings. The largest absolute Gasteiger partial charge is 0.371 e. The normalized spacial score (nSPS) is 19.1. The Balaban J connectivity index is 1.20. The second kappa shape index (κ2) is 11.4. The van der Waals surface area contributed by atoms with Gasteiger partial charge in [-0.25, -0.2) is 8.42 Å². The van der Waals surface area contributed by atoms with E-state index in [1.165, 1.54) is 0 Å². The lowest BCUT2D eigenvalue weighted by atomic mass is 9.94. The summed E-state index contributed by atoms with van der Waals surface area (Å²) in [6, 6.07) is 26.7. The molecular formula is C32H34N4O3S. The highest BCUT2D eigenvalue weighted by molar-refractivity contribution is 7.89. The van der Waals surface area contributed by atoms with Gasteiger partial charge < -0.3 is 9.80 Å². The van der Waals surface area contributed by atoms with Crippen molar-refractivity contribution in [3.63, 3.8) is 0 Å². The number of hydrogen-bond donors (Lipinski definition) is 0. The Kier molecular flexibility index (Phi) is 7.54. The molecule has 1 amide bonds. The molecule has 0 saturated carbocycles. The number of nitrogens with zero attached hydrogens (tertiary/aromatic N) is 4. The van der Waals surface area contributed by atoms with E-state index in [9.17, 15) is 13.2 Å². The van der Waals surface area contributed by atoms with Gasteiger partial charge in [0, 0.05) is 62.8 Å². The van der Waals surface area contributed by atoms with Crippen LogP contribution in [0.5, 0.6) is 0 Å². The molecule has 3 heterocycles. The van der Waals surface area contributed by atoms with E-state index in [2.05, 4.69) is 9.88 Å². The van der Waals surface area contributed by atoms with Crippen molar-refractivity contribution >= 4 is 32.4 Å². The summed E-state index contributed by atoms with van der Waals surface area (Å²) in [6.07, 6.45) is 5.73. The van der Waals surface area contributed by atoms with Crippen LogP contribution in [0, 0.1) is 5.92 Å². The van der Waals surface area contributed by atoms with Crippen LogP contribution in [0.1, 0.15) is 18.4 Å². The van der Waals surface area contributed by atoms with Crippen molar-refractivity contribution in [1.82, 2.24) is 14.2 Å². The van der Waals surface area contributed by atoms with E-state index in [0.29, 0.717) is 24.4 Å². The molecule has 0 spiro atoms. The minimum atomic E-state index is -3.75. The SMILES string of the molecule is O=C(C1CCN(c2ccncc2)CC1)N1CCN(S(=O)(=O)c2ccc3ccccc3c2)C(Cc2ccccc2)C1. The van der Waals surface area contributed by atoms with E-state index in [4.69, 9.17) is 0 Å². The number of amides is 1. The monoisotopic (exact) mass is 554 g/mol. The number of carbonyl (C=O) groups excluding carboxylic acids is 1. The van der Waals surface area contributed by atoms with Gasteiger partial charge in [0.05, 0.1) is 4.90 Å². The summed E-state index contributed by atoms with van der Waals surface area (Å²) in [7, 11) is -3.75. The van der Waals surface area contributed by atoms with Gasteiger partial charge >= 0.3 is 0 Å². The molecular weight excluding hydrogens is 520 g/mol. The maximum atomic E-state index is 14.0. The molecule has 206 valence electrons. The van der Waals surface area contributed by atoms with E-state index >= 15 is 0 Å². The van der Waals surface area contributed by atoms with Crippen LogP contribution in [0.4, 0.5) is 5.69 Å². The summed E-state index contributed by atoms with van der Waals surface area (Å²) in [5.41, 5.74) is 2.20. The van der Waals surface area contributed by atoms with Gasteiger partial charge in [0.25, 0.3) is 0 Å². The number of anilines is 1. The number of rotatable bonds is 6. The number of pyridine rings is 1. The predicted octanol–water partition coefficient (Wildman–Crippen LogP) is 4.60. The van der Waals surface area contributed by atoms with E-state index in [0.717, 1.165) is 48.0 Å². The van der Waals surface area contributed by atoms with Crippen LogP contribution in [-0.4, -0.2) is 67.3 Å². The molecule has 0 radical (unpaired) electrons. The number of fused-ring (bicyclic) bond motifs is 1. The van der Waals surface area contributed by atoms with E-state index in [1.807, 2.05) is 77.7 Å². The van der Waals surface area contributed by atoms with Gasteiger partial charge in [-0.15, -0.1) is 0 Å². The molecule has 1 atom stereocenters. The lowest BCUT2D eigenvalue weighted by Crippen LogP contribution is -2.58. The van der Waals surface area contributed by atoms with E-state index in [-0.39, 0.29) is 24.4 Å². The summed E-state index contributed by atoms with van der Waals surface area (Å²) in [6.45, 7) is 2.73. The third-order valence-corrected chi connectivity index (χ3v) is 10.2. The average molecular weight is 555 g/mol. The second-order valence-corrected chi connectivity index (χ2v) is 12.6. The van der Waals surface area contributed by atoms with Gasteiger partial charge in [-0.05, 0) is 59.9 Å². The molecule has 40 heavy (non-hydrogen) atoms. The zero-order chi connectivity index (χ0) is 27.5. The summed E-state index contributed by atoms with van der Waals surface area (Å²) in [5, 5.41) is 1.91. The summed E-state index contributed by atoms with van der Waals surface area (Å²) in [5.74, 6) is 0.106. The smallest absolute Gasteiger partial charge is 0.243 e. The van der Waals surface area contributed by atoms with Gasteiger partial charge in [0.1, 0.15) is 0 Å². The fourth-order valence-electron chi connectivity index (χ4n) is 6.07. The highest BCUT2D eigenvalue weighted by Gasteiger charge is 2.39. The molecule has 0 N–H and O–H groups in total. The molecule has 3 aromatic carbocycles. The van der Waals surface area contributed by atoms with Gasteiger partial charge in [0.2, 0.25) is 15.9 Å². The molecule has 4 aromatic rings. The third kappa shape index (κ3) is 5.46. The molecule has 7 nitrogen and oxygen atoms in total. The maximum Gasteiger partial charge on any atom is 0.243 e. The number of hydrogen-bond acceptors (Lipinski definition) is 5. The average Bonchev–Trinajstić information content (AvgIpc) is 3.01. The fraction of sp³-hybridized carbons (Fsp3) is 0.312. The first-order chi connectivity index (χ1) is 19.5. The fourth-order valence-corrected chi connectivity index (χ4v) is 7.71. The Hall–Kier alpha value is -3.75. The molecule has 2 aliphatic rings. The Morgan fingerprint density at radius 3 is 2.25 bits per heavy atom. The van der Waals surface area contributed by atoms with Crippen molar-refractivity contribution in [2.75, 3.05) is 37.6 Å². The lowest BCUT2D eigenvalue weighted by molar-refractivity contribution is -0.138. The quantitative estimate of drug-likeness (QED) is 0.349. The standard InChI is InChI=1S/C32H34N4O3S/c37-32(27-14-18-34(19-15-27)29-12-16-33-17-13-29)35-20-21-36(30(24-35)22-25-6-2-1-3-7-25)40(38,39)31-11-10-26-8-4-5-9-28(26)23-31/h1-13,16-17,23,27,30H,14-15,18-22,24H2. The Morgan fingerprint density at radius 2 is 1.50 bits per heavy atom. The van der Waals surface area contributed by atoms with Crippen molar-refractivity contribution in [3.8, 4) is 0 Å². The topological polar surface area (TPSA) is 73.8 Å². The van der Waals surface area contributed by atoms with Crippen LogP contribution in [0.2, 0.25) is 0 Å². The Morgan fingerprint density at radius 1 is 0.800 bits per heavy atom. The van der Waals surface area contributed by atoms with Crippen LogP contribution < -0.4 is 4.90 Å². The summed E-state index contributed by atoms with van der Waals surface area (Å²) < 4.78 is 29.6. The molecule has 2 saturated heterocycles. The molecule has 0 aliphatic carbocycles. The van der Waals surface area contributed by atoms with Crippen molar-refractivity contribution in [1.29, 1.82) is 0 Å². The zero-order valence-electron chi connectivity index (χ0n) is 22.5. The molecule has 1 unspecified atom stereocenters. The van der Waals surface area contributed by atoms with Crippen LogP contribution in [0.25, 0.3) is 10.8 Å². The number of piperidine rings is 1. The zero-order valence-corrected chi connectivity index (χ0v) is 23.3. The minimum absolute atomic E-state index is 0.0425. The first-order valence-electron chi connectivity index (χ1n) is 14.0. The van der Waals surface area contributed by atoms with Crippen LogP contribution in [0.15, 0.2) is 102 Å². The maximum absolute atomic E-state index is 14.0. The number of carbonyl (C=O) groups is 1. The van der Waals surface area contributed by atoms with Crippen LogP contribution >= 0.6 is 0 Å². The molecule has 0 bridgehead atoms. The number of piperazine rings is 1.